The second-order valence-electron chi connectivity index (χ2n) is 5.95. The predicted molar refractivity (Wildman–Crippen MR) is 103 cm³/mol. The molecule has 0 atom stereocenters. The summed E-state index contributed by atoms with van der Waals surface area (Å²) in [7, 11) is 0. The second-order valence-corrected chi connectivity index (χ2v) is 7.63. The summed E-state index contributed by atoms with van der Waals surface area (Å²) >= 11 is 6.73. The first-order valence-corrected chi connectivity index (χ1v) is 9.01. The van der Waals surface area contributed by atoms with Gasteiger partial charge in [0, 0.05) is 12.4 Å². The Hall–Kier alpha value is -1.98. The normalized spacial score (nSPS) is 16.5. The first kappa shape index (κ1) is 16.9. The van der Waals surface area contributed by atoms with Gasteiger partial charge in [-0.2, -0.15) is 0 Å². The molecule has 1 aromatic heterocycles. The first-order chi connectivity index (χ1) is 11.5. The fourth-order valence-electron chi connectivity index (χ4n) is 2.44. The molecular weight excluding hydrogens is 336 g/mol. The third-order valence-electron chi connectivity index (χ3n) is 3.84. The van der Waals surface area contributed by atoms with Gasteiger partial charge < -0.3 is 0 Å². The molecule has 3 nitrogen and oxygen atoms in total. The van der Waals surface area contributed by atoms with E-state index in [-0.39, 0.29) is 5.91 Å². The fraction of sp³-hybridized carbons (Fsp3) is 0.211. The van der Waals surface area contributed by atoms with Crippen LogP contribution in [0, 0.1) is 0 Å². The highest BCUT2D eigenvalue weighted by atomic mass is 32.2. The van der Waals surface area contributed by atoms with Gasteiger partial charge in [0.1, 0.15) is 4.32 Å². The molecule has 3 rings (SSSR count). The number of carbonyl (C=O) groups excluding carboxylic acids is 1. The van der Waals surface area contributed by atoms with Crippen molar-refractivity contribution in [1.82, 2.24) is 9.88 Å². The van der Waals surface area contributed by atoms with Crippen molar-refractivity contribution in [1.29, 1.82) is 0 Å². The van der Waals surface area contributed by atoms with E-state index in [0.29, 0.717) is 21.7 Å². The highest BCUT2D eigenvalue weighted by Gasteiger charge is 2.31. The fourth-order valence-corrected chi connectivity index (χ4v) is 3.69. The maximum atomic E-state index is 12.6. The van der Waals surface area contributed by atoms with E-state index in [1.165, 1.54) is 17.3 Å². The van der Waals surface area contributed by atoms with Gasteiger partial charge in [-0.1, -0.05) is 68.2 Å². The Kier molecular flexibility index (Phi) is 5.11. The van der Waals surface area contributed by atoms with Crippen LogP contribution in [0.3, 0.4) is 0 Å². The second kappa shape index (κ2) is 7.28. The van der Waals surface area contributed by atoms with E-state index in [9.17, 15) is 4.79 Å². The molecule has 24 heavy (non-hydrogen) atoms. The van der Waals surface area contributed by atoms with E-state index >= 15 is 0 Å². The van der Waals surface area contributed by atoms with Gasteiger partial charge in [0.2, 0.25) is 0 Å². The minimum Gasteiger partial charge on any atom is -0.288 e. The Morgan fingerprint density at radius 2 is 2.00 bits per heavy atom. The van der Waals surface area contributed by atoms with E-state index in [2.05, 4.69) is 31.0 Å². The van der Waals surface area contributed by atoms with Gasteiger partial charge in [-0.05, 0) is 34.8 Å². The van der Waals surface area contributed by atoms with Crippen LogP contribution in [0.2, 0.25) is 0 Å². The molecule has 5 heteroatoms. The molecule has 1 amide bonds. The number of nitrogens with zero attached hydrogens (tertiary/aromatic N) is 2. The molecule has 0 radical (unpaired) electrons. The van der Waals surface area contributed by atoms with Gasteiger partial charge >= 0.3 is 0 Å². The van der Waals surface area contributed by atoms with Crippen molar-refractivity contribution in [3.63, 3.8) is 0 Å². The van der Waals surface area contributed by atoms with E-state index in [1.54, 1.807) is 17.3 Å². The number of hydrogen-bond donors (Lipinski definition) is 0. The van der Waals surface area contributed by atoms with E-state index in [4.69, 9.17) is 12.2 Å². The summed E-state index contributed by atoms with van der Waals surface area (Å²) < 4.78 is 0.592. The Balaban J connectivity index is 1.78. The highest BCUT2D eigenvalue weighted by Crippen LogP contribution is 2.33. The Morgan fingerprint density at radius 1 is 1.25 bits per heavy atom. The molecule has 1 aliphatic heterocycles. The third kappa shape index (κ3) is 3.74. The Labute approximate surface area is 151 Å². The smallest absolute Gasteiger partial charge is 0.266 e. The SMILES string of the molecule is CC(C)c1ccc(/C=C2\SC(=S)N(Cc3cccnc3)C2=O)cc1. The van der Waals surface area contributed by atoms with Crippen LogP contribution in [0.25, 0.3) is 6.08 Å². The maximum absolute atomic E-state index is 12.6. The van der Waals surface area contributed by atoms with Crippen molar-refractivity contribution in [2.24, 2.45) is 0 Å². The number of benzene rings is 1. The van der Waals surface area contributed by atoms with Crippen LogP contribution < -0.4 is 0 Å². The predicted octanol–water partition coefficient (Wildman–Crippen LogP) is 4.61. The minimum absolute atomic E-state index is 0.0400. The van der Waals surface area contributed by atoms with Crippen molar-refractivity contribution in [3.8, 4) is 0 Å². The molecular formula is C19H18N2OS2. The zero-order valence-electron chi connectivity index (χ0n) is 13.6. The van der Waals surface area contributed by atoms with Gasteiger partial charge in [0.05, 0.1) is 11.4 Å². The molecule has 0 saturated carbocycles. The van der Waals surface area contributed by atoms with E-state index in [1.807, 2.05) is 30.3 Å². The van der Waals surface area contributed by atoms with Crippen molar-refractivity contribution in [3.05, 3.63) is 70.4 Å². The molecule has 0 bridgehead atoms. The summed E-state index contributed by atoms with van der Waals surface area (Å²) in [4.78, 5) is 19.0. The topological polar surface area (TPSA) is 33.2 Å². The first-order valence-electron chi connectivity index (χ1n) is 7.79. The van der Waals surface area contributed by atoms with Gasteiger partial charge in [0.25, 0.3) is 5.91 Å². The molecule has 1 aromatic carbocycles. The van der Waals surface area contributed by atoms with Gasteiger partial charge in [-0.25, -0.2) is 0 Å². The van der Waals surface area contributed by atoms with Crippen LogP contribution in [0.15, 0.2) is 53.7 Å². The largest absolute Gasteiger partial charge is 0.288 e. The maximum Gasteiger partial charge on any atom is 0.266 e. The lowest BCUT2D eigenvalue weighted by Crippen LogP contribution is -2.27. The zero-order chi connectivity index (χ0) is 17.1. The number of aromatic nitrogens is 1. The number of thioether (sulfide) groups is 1. The number of thiocarbonyl (C=S) groups is 1. The molecule has 122 valence electrons. The van der Waals surface area contributed by atoms with Crippen LogP contribution in [0.5, 0.6) is 0 Å². The summed E-state index contributed by atoms with van der Waals surface area (Å²) in [6, 6.07) is 12.1. The quantitative estimate of drug-likeness (QED) is 0.593. The van der Waals surface area contributed by atoms with Gasteiger partial charge in [0.15, 0.2) is 0 Å². The van der Waals surface area contributed by atoms with Gasteiger partial charge in [-0.3, -0.25) is 14.7 Å². The summed E-state index contributed by atoms with van der Waals surface area (Å²) in [6.07, 6.45) is 5.38. The number of carbonyl (C=O) groups is 1. The molecule has 0 N–H and O–H groups in total. The minimum atomic E-state index is -0.0400. The van der Waals surface area contributed by atoms with Crippen LogP contribution in [-0.4, -0.2) is 20.1 Å². The van der Waals surface area contributed by atoms with Crippen molar-refractivity contribution < 1.29 is 4.79 Å². The number of amides is 1. The van der Waals surface area contributed by atoms with Gasteiger partial charge in [-0.15, -0.1) is 0 Å². The molecule has 0 spiro atoms. The van der Waals surface area contributed by atoms with E-state index < -0.39 is 0 Å². The molecule has 0 aliphatic carbocycles. The van der Waals surface area contributed by atoms with Crippen LogP contribution in [0.4, 0.5) is 0 Å². The summed E-state index contributed by atoms with van der Waals surface area (Å²) in [6.45, 7) is 4.79. The average molecular weight is 354 g/mol. The molecule has 2 heterocycles. The molecule has 1 fully saturated rings. The van der Waals surface area contributed by atoms with Crippen LogP contribution in [0.1, 0.15) is 36.5 Å². The van der Waals surface area contributed by atoms with Crippen molar-refractivity contribution >= 4 is 40.3 Å². The highest BCUT2D eigenvalue weighted by molar-refractivity contribution is 8.26. The summed E-state index contributed by atoms with van der Waals surface area (Å²) in [5, 5.41) is 0. The number of rotatable bonds is 4. The van der Waals surface area contributed by atoms with Crippen molar-refractivity contribution in [2.75, 3.05) is 0 Å². The third-order valence-corrected chi connectivity index (χ3v) is 5.22. The standard InChI is InChI=1S/C19H18N2OS2/c1-13(2)16-7-5-14(6-8-16)10-17-18(22)21(19(23)24-17)12-15-4-3-9-20-11-15/h3-11,13H,12H2,1-2H3/b17-10-. The number of pyridine rings is 1. The Morgan fingerprint density at radius 3 is 2.62 bits per heavy atom. The van der Waals surface area contributed by atoms with E-state index in [0.717, 1.165) is 11.1 Å². The molecule has 0 unspecified atom stereocenters. The lowest BCUT2D eigenvalue weighted by atomic mass is 10.0. The zero-order valence-corrected chi connectivity index (χ0v) is 15.2. The number of hydrogen-bond acceptors (Lipinski definition) is 4. The average Bonchev–Trinajstić information content (AvgIpc) is 2.84. The molecule has 2 aromatic rings. The van der Waals surface area contributed by atoms with Crippen LogP contribution in [-0.2, 0) is 11.3 Å². The monoisotopic (exact) mass is 354 g/mol. The Bertz CT molecular complexity index is 783. The summed E-state index contributed by atoms with van der Waals surface area (Å²) in [5.41, 5.74) is 3.27. The lowest BCUT2D eigenvalue weighted by Gasteiger charge is -2.13. The van der Waals surface area contributed by atoms with Crippen LogP contribution >= 0.6 is 24.0 Å². The lowest BCUT2D eigenvalue weighted by molar-refractivity contribution is -0.122. The van der Waals surface area contributed by atoms with Crippen molar-refractivity contribution in [2.45, 2.75) is 26.3 Å². The summed E-state index contributed by atoms with van der Waals surface area (Å²) in [5.74, 6) is 0.457. The molecule has 1 aliphatic rings. The molecule has 1 saturated heterocycles.